The Balaban J connectivity index is 1.62. The van der Waals surface area contributed by atoms with Crippen LogP contribution in [0.2, 0.25) is 0 Å². The van der Waals surface area contributed by atoms with Crippen molar-refractivity contribution >= 4 is 5.91 Å². The standard InChI is InChI=1S/C15H27N3O2/c1-10(2)14-16-11(3)15(19)18(14)8-13-7-17-6-4-5-12(17)9-20-13/h10-14,16H,4-9H2,1-3H3. The first kappa shape index (κ1) is 14.3. The van der Waals surface area contributed by atoms with Gasteiger partial charge in [0.25, 0.3) is 0 Å². The molecule has 4 unspecified atom stereocenters. The van der Waals surface area contributed by atoms with Gasteiger partial charge in [-0.05, 0) is 32.2 Å². The summed E-state index contributed by atoms with van der Waals surface area (Å²) in [5.74, 6) is 0.642. The SMILES string of the molecule is CC1NC(C(C)C)N(CC2CN3CCCC3CO2)C1=O. The normalized spacial score (nSPS) is 38.8. The molecule has 114 valence electrons. The van der Waals surface area contributed by atoms with Crippen LogP contribution in [0.15, 0.2) is 0 Å². The molecule has 3 saturated heterocycles. The van der Waals surface area contributed by atoms with E-state index >= 15 is 0 Å². The van der Waals surface area contributed by atoms with Crippen molar-refractivity contribution in [3.05, 3.63) is 0 Å². The van der Waals surface area contributed by atoms with Gasteiger partial charge in [0.15, 0.2) is 0 Å². The molecule has 5 nitrogen and oxygen atoms in total. The summed E-state index contributed by atoms with van der Waals surface area (Å²) in [5, 5.41) is 3.40. The second kappa shape index (κ2) is 5.62. The summed E-state index contributed by atoms with van der Waals surface area (Å²) in [5.41, 5.74) is 0. The van der Waals surface area contributed by atoms with Crippen LogP contribution in [0.5, 0.6) is 0 Å². The van der Waals surface area contributed by atoms with E-state index in [1.54, 1.807) is 0 Å². The molecule has 5 heteroatoms. The van der Waals surface area contributed by atoms with Crippen LogP contribution in [-0.4, -0.2) is 66.3 Å². The number of carbonyl (C=O) groups excluding carboxylic acids is 1. The molecule has 20 heavy (non-hydrogen) atoms. The number of nitrogens with one attached hydrogen (secondary N) is 1. The summed E-state index contributed by atoms with van der Waals surface area (Å²) in [4.78, 5) is 16.8. The van der Waals surface area contributed by atoms with Crippen LogP contribution in [0.25, 0.3) is 0 Å². The zero-order chi connectivity index (χ0) is 14.3. The Labute approximate surface area is 121 Å². The molecule has 3 aliphatic rings. The number of nitrogens with zero attached hydrogens (tertiary/aromatic N) is 2. The van der Waals surface area contributed by atoms with Crippen molar-refractivity contribution in [2.24, 2.45) is 5.92 Å². The van der Waals surface area contributed by atoms with E-state index in [1.807, 2.05) is 11.8 Å². The minimum Gasteiger partial charge on any atom is -0.373 e. The predicted molar refractivity (Wildman–Crippen MR) is 77.3 cm³/mol. The van der Waals surface area contributed by atoms with Crippen molar-refractivity contribution in [2.45, 2.75) is 58.0 Å². The second-order valence-electron chi connectivity index (χ2n) is 6.81. The number of morpholine rings is 1. The first-order chi connectivity index (χ1) is 9.56. The fourth-order valence-electron chi connectivity index (χ4n) is 3.77. The Hall–Kier alpha value is -0.650. The predicted octanol–water partition coefficient (Wildman–Crippen LogP) is 0.652. The Kier molecular flexibility index (Phi) is 4.02. The molecule has 3 heterocycles. The summed E-state index contributed by atoms with van der Waals surface area (Å²) in [6, 6.07) is 0.559. The zero-order valence-electron chi connectivity index (χ0n) is 12.8. The second-order valence-corrected chi connectivity index (χ2v) is 6.81. The van der Waals surface area contributed by atoms with Gasteiger partial charge in [0.1, 0.15) is 0 Å². The quantitative estimate of drug-likeness (QED) is 0.825. The molecule has 0 aliphatic carbocycles. The van der Waals surface area contributed by atoms with Gasteiger partial charge in [0, 0.05) is 19.1 Å². The van der Waals surface area contributed by atoms with Gasteiger partial charge in [-0.2, -0.15) is 0 Å². The van der Waals surface area contributed by atoms with Gasteiger partial charge in [-0.3, -0.25) is 15.0 Å². The number of ether oxygens (including phenoxy) is 1. The van der Waals surface area contributed by atoms with Crippen LogP contribution in [0.1, 0.15) is 33.6 Å². The van der Waals surface area contributed by atoms with Crippen molar-refractivity contribution < 1.29 is 9.53 Å². The fraction of sp³-hybridized carbons (Fsp3) is 0.933. The molecule has 4 atom stereocenters. The van der Waals surface area contributed by atoms with Crippen molar-refractivity contribution in [1.82, 2.24) is 15.1 Å². The topological polar surface area (TPSA) is 44.8 Å². The highest BCUT2D eigenvalue weighted by Crippen LogP contribution is 2.25. The van der Waals surface area contributed by atoms with E-state index in [0.29, 0.717) is 12.0 Å². The smallest absolute Gasteiger partial charge is 0.240 e. The highest BCUT2D eigenvalue weighted by molar-refractivity contribution is 5.84. The van der Waals surface area contributed by atoms with Crippen LogP contribution in [0.3, 0.4) is 0 Å². The molecule has 0 aromatic heterocycles. The average molecular weight is 281 g/mol. The molecule has 0 bridgehead atoms. The molecular formula is C15H27N3O2. The van der Waals surface area contributed by atoms with E-state index in [2.05, 4.69) is 24.1 Å². The molecule has 3 fully saturated rings. The summed E-state index contributed by atoms with van der Waals surface area (Å²) < 4.78 is 6.00. The summed E-state index contributed by atoms with van der Waals surface area (Å²) in [7, 11) is 0. The maximum Gasteiger partial charge on any atom is 0.240 e. The van der Waals surface area contributed by atoms with Gasteiger partial charge in [0.05, 0.1) is 24.9 Å². The van der Waals surface area contributed by atoms with E-state index in [0.717, 1.165) is 19.7 Å². The van der Waals surface area contributed by atoms with Crippen LogP contribution < -0.4 is 5.32 Å². The van der Waals surface area contributed by atoms with Gasteiger partial charge in [-0.15, -0.1) is 0 Å². The van der Waals surface area contributed by atoms with Gasteiger partial charge in [0.2, 0.25) is 5.91 Å². The minimum atomic E-state index is -0.0643. The van der Waals surface area contributed by atoms with Gasteiger partial charge >= 0.3 is 0 Å². The zero-order valence-corrected chi connectivity index (χ0v) is 12.8. The molecule has 0 spiro atoms. The lowest BCUT2D eigenvalue weighted by atomic mass is 10.1. The molecule has 1 amide bonds. The third kappa shape index (κ3) is 2.59. The van der Waals surface area contributed by atoms with Crippen molar-refractivity contribution in [1.29, 1.82) is 0 Å². The number of hydrogen-bond acceptors (Lipinski definition) is 4. The number of fused-ring (bicyclic) bond motifs is 1. The van der Waals surface area contributed by atoms with E-state index in [9.17, 15) is 4.79 Å². The van der Waals surface area contributed by atoms with Crippen LogP contribution in [0, 0.1) is 5.92 Å². The Morgan fingerprint density at radius 3 is 3.00 bits per heavy atom. The molecule has 0 aromatic carbocycles. The van der Waals surface area contributed by atoms with E-state index in [1.165, 1.54) is 19.4 Å². The first-order valence-corrected chi connectivity index (χ1v) is 7.98. The number of carbonyl (C=O) groups is 1. The lowest BCUT2D eigenvalue weighted by molar-refractivity contribution is -0.134. The monoisotopic (exact) mass is 281 g/mol. The first-order valence-electron chi connectivity index (χ1n) is 7.98. The molecule has 0 radical (unpaired) electrons. The van der Waals surface area contributed by atoms with E-state index in [4.69, 9.17) is 4.74 Å². The molecular weight excluding hydrogens is 254 g/mol. The maximum atomic E-state index is 12.3. The number of rotatable bonds is 3. The van der Waals surface area contributed by atoms with E-state index < -0.39 is 0 Å². The molecule has 3 rings (SSSR count). The van der Waals surface area contributed by atoms with Crippen LogP contribution >= 0.6 is 0 Å². The van der Waals surface area contributed by atoms with Crippen LogP contribution in [-0.2, 0) is 9.53 Å². The minimum absolute atomic E-state index is 0.0643. The van der Waals surface area contributed by atoms with Crippen molar-refractivity contribution in [2.75, 3.05) is 26.2 Å². The third-order valence-electron chi connectivity index (χ3n) is 4.90. The lowest BCUT2D eigenvalue weighted by Gasteiger charge is -2.38. The number of amides is 1. The maximum absolute atomic E-state index is 12.3. The summed E-state index contributed by atoms with van der Waals surface area (Å²) in [6.45, 7) is 10.0. The summed E-state index contributed by atoms with van der Waals surface area (Å²) >= 11 is 0. The highest BCUT2D eigenvalue weighted by Gasteiger charge is 2.40. The Bertz CT molecular complexity index is 374. The van der Waals surface area contributed by atoms with Crippen molar-refractivity contribution in [3.8, 4) is 0 Å². The van der Waals surface area contributed by atoms with E-state index in [-0.39, 0.29) is 24.2 Å². The number of hydrogen-bond donors (Lipinski definition) is 1. The molecule has 0 aromatic rings. The largest absolute Gasteiger partial charge is 0.373 e. The third-order valence-corrected chi connectivity index (χ3v) is 4.90. The van der Waals surface area contributed by atoms with Gasteiger partial charge in [-0.1, -0.05) is 13.8 Å². The lowest BCUT2D eigenvalue weighted by Crippen LogP contribution is -2.52. The van der Waals surface area contributed by atoms with Crippen LogP contribution in [0.4, 0.5) is 0 Å². The Morgan fingerprint density at radius 1 is 1.45 bits per heavy atom. The molecule has 0 saturated carbocycles. The fourth-order valence-corrected chi connectivity index (χ4v) is 3.77. The Morgan fingerprint density at radius 2 is 2.25 bits per heavy atom. The molecule has 3 aliphatic heterocycles. The molecule has 1 N–H and O–H groups in total. The van der Waals surface area contributed by atoms with Gasteiger partial charge < -0.3 is 9.64 Å². The van der Waals surface area contributed by atoms with Crippen molar-refractivity contribution in [3.63, 3.8) is 0 Å². The average Bonchev–Trinajstić information content (AvgIpc) is 2.98. The van der Waals surface area contributed by atoms with Gasteiger partial charge in [-0.25, -0.2) is 0 Å². The summed E-state index contributed by atoms with van der Waals surface area (Å²) in [6.07, 6.45) is 2.87. The highest BCUT2D eigenvalue weighted by atomic mass is 16.5.